The Morgan fingerprint density at radius 2 is 1.78 bits per heavy atom. The van der Waals surface area contributed by atoms with E-state index in [2.05, 4.69) is 52.0 Å². The minimum Gasteiger partial charge on any atom is -0.489 e. The smallest absolute Gasteiger partial charge is 0.336 e. The Kier molecular flexibility index (Phi) is 7.39. The number of hydrogen-bond acceptors (Lipinski definition) is 5. The Hall–Kier alpha value is -3.33. The van der Waals surface area contributed by atoms with Crippen LogP contribution < -0.4 is 10.4 Å². The number of hydrogen-bond donors (Lipinski definition) is 0. The molecule has 0 spiro atoms. The van der Waals surface area contributed by atoms with Crippen LogP contribution in [0.2, 0.25) is 0 Å². The van der Waals surface area contributed by atoms with E-state index in [0.717, 1.165) is 50.2 Å². The average molecular weight is 429 g/mol. The van der Waals surface area contributed by atoms with Crippen LogP contribution in [0.5, 0.6) is 5.75 Å². The zero-order valence-corrected chi connectivity index (χ0v) is 18.4. The molecule has 3 aromatic rings. The van der Waals surface area contributed by atoms with Crippen LogP contribution in [-0.4, -0.2) is 49.1 Å². The molecule has 0 atom stereocenters. The van der Waals surface area contributed by atoms with E-state index >= 15 is 0 Å². The molecule has 1 fully saturated rings. The number of benzene rings is 2. The molecule has 1 aromatic heterocycles. The van der Waals surface area contributed by atoms with Crippen molar-refractivity contribution in [3.8, 4) is 17.6 Å². The van der Waals surface area contributed by atoms with Gasteiger partial charge in [-0.2, -0.15) is 0 Å². The summed E-state index contributed by atoms with van der Waals surface area (Å²) in [6.07, 6.45) is 1.97. The van der Waals surface area contributed by atoms with Crippen molar-refractivity contribution in [1.29, 1.82) is 0 Å². The Balaban J connectivity index is 1.20. The molecule has 0 radical (unpaired) electrons. The summed E-state index contributed by atoms with van der Waals surface area (Å²) in [5.41, 5.74) is 2.52. The summed E-state index contributed by atoms with van der Waals surface area (Å²) in [7, 11) is 0. The topological polar surface area (TPSA) is 45.9 Å². The molecule has 1 saturated heterocycles. The lowest BCUT2D eigenvalue weighted by atomic mass is 10.2. The standard InChI is InChI=1S/C27H28N2O3/c1-22(13-19-31-25-11-9-24-10-12-27(30)32-26(24)20-25)6-5-14-28-15-17-29(18-16-28)21-23-7-3-2-4-8-23/h2-4,7-13,20H,14-19,21H2,1H3/b22-13+. The highest BCUT2D eigenvalue weighted by Crippen LogP contribution is 2.19. The van der Waals surface area contributed by atoms with Crippen molar-refractivity contribution in [2.45, 2.75) is 13.5 Å². The molecule has 2 aromatic carbocycles. The van der Waals surface area contributed by atoms with Crippen molar-refractivity contribution in [2.75, 3.05) is 39.3 Å². The predicted molar refractivity (Wildman–Crippen MR) is 128 cm³/mol. The van der Waals surface area contributed by atoms with Gasteiger partial charge >= 0.3 is 5.63 Å². The third kappa shape index (κ3) is 6.34. The van der Waals surface area contributed by atoms with Gasteiger partial charge in [0.05, 0.1) is 6.54 Å². The van der Waals surface area contributed by atoms with Crippen LogP contribution in [0.3, 0.4) is 0 Å². The van der Waals surface area contributed by atoms with E-state index in [0.29, 0.717) is 17.9 Å². The summed E-state index contributed by atoms with van der Waals surface area (Å²) >= 11 is 0. The van der Waals surface area contributed by atoms with Crippen molar-refractivity contribution in [3.63, 3.8) is 0 Å². The van der Waals surface area contributed by atoms with Gasteiger partial charge in [-0.1, -0.05) is 42.2 Å². The molecule has 5 nitrogen and oxygen atoms in total. The molecule has 0 unspecified atom stereocenters. The number of fused-ring (bicyclic) bond motifs is 1. The van der Waals surface area contributed by atoms with E-state index in [1.807, 2.05) is 25.1 Å². The van der Waals surface area contributed by atoms with Crippen LogP contribution in [-0.2, 0) is 6.54 Å². The molecule has 0 aliphatic carbocycles. The molecule has 4 rings (SSSR count). The normalized spacial score (nSPS) is 15.3. The summed E-state index contributed by atoms with van der Waals surface area (Å²) in [6, 6.07) is 19.3. The van der Waals surface area contributed by atoms with Gasteiger partial charge in [0.2, 0.25) is 0 Å². The zero-order valence-electron chi connectivity index (χ0n) is 18.4. The first kappa shape index (κ1) is 21.9. The third-order valence-corrected chi connectivity index (χ3v) is 5.54. The number of allylic oxidation sites excluding steroid dienone is 1. The fourth-order valence-corrected chi connectivity index (χ4v) is 3.68. The highest BCUT2D eigenvalue weighted by Gasteiger charge is 2.15. The van der Waals surface area contributed by atoms with Gasteiger partial charge in [0.1, 0.15) is 17.9 Å². The molecule has 1 aliphatic rings. The fraction of sp³-hybridized carbons (Fsp3) is 0.296. The molecule has 0 saturated carbocycles. The maximum absolute atomic E-state index is 11.4. The maximum Gasteiger partial charge on any atom is 0.336 e. The van der Waals surface area contributed by atoms with E-state index in [-0.39, 0.29) is 5.63 Å². The Bertz CT molecular complexity index is 1180. The quantitative estimate of drug-likeness (QED) is 0.440. The van der Waals surface area contributed by atoms with Crippen LogP contribution in [0, 0.1) is 11.8 Å². The summed E-state index contributed by atoms with van der Waals surface area (Å²) in [5, 5.41) is 0.871. The monoisotopic (exact) mass is 428 g/mol. The number of rotatable bonds is 6. The van der Waals surface area contributed by atoms with Crippen molar-refractivity contribution < 1.29 is 9.15 Å². The summed E-state index contributed by atoms with van der Waals surface area (Å²) < 4.78 is 11.0. The second-order valence-corrected chi connectivity index (χ2v) is 7.99. The van der Waals surface area contributed by atoms with E-state index in [1.165, 1.54) is 11.6 Å². The summed E-state index contributed by atoms with van der Waals surface area (Å²) in [6.45, 7) is 8.46. The van der Waals surface area contributed by atoms with Gasteiger partial charge in [-0.05, 0) is 42.3 Å². The van der Waals surface area contributed by atoms with E-state index in [1.54, 1.807) is 12.1 Å². The van der Waals surface area contributed by atoms with Crippen LogP contribution in [0.15, 0.2) is 81.5 Å². The molecule has 164 valence electrons. The van der Waals surface area contributed by atoms with Gasteiger partial charge in [-0.15, -0.1) is 0 Å². The Labute approximate surface area is 188 Å². The van der Waals surface area contributed by atoms with E-state index < -0.39 is 0 Å². The van der Waals surface area contributed by atoms with Crippen molar-refractivity contribution in [1.82, 2.24) is 9.80 Å². The first-order valence-electron chi connectivity index (χ1n) is 11.0. The number of nitrogens with zero attached hydrogens (tertiary/aromatic N) is 2. The minimum atomic E-state index is -0.363. The van der Waals surface area contributed by atoms with Gasteiger partial charge in [-0.25, -0.2) is 4.79 Å². The molecule has 0 amide bonds. The largest absolute Gasteiger partial charge is 0.489 e. The van der Waals surface area contributed by atoms with Crippen molar-refractivity contribution >= 4 is 11.0 Å². The first-order chi connectivity index (χ1) is 15.7. The van der Waals surface area contributed by atoms with Gasteiger partial charge in [0.15, 0.2) is 0 Å². The number of ether oxygens (including phenoxy) is 1. The molecule has 1 aliphatic heterocycles. The molecule has 2 heterocycles. The number of piperazine rings is 1. The van der Waals surface area contributed by atoms with Crippen molar-refractivity contribution in [2.24, 2.45) is 0 Å². The van der Waals surface area contributed by atoms with Gasteiger partial charge in [0, 0.05) is 50.2 Å². The fourth-order valence-electron chi connectivity index (χ4n) is 3.68. The van der Waals surface area contributed by atoms with Gasteiger partial charge in [0.25, 0.3) is 0 Å². The highest BCUT2D eigenvalue weighted by atomic mass is 16.5. The second-order valence-electron chi connectivity index (χ2n) is 7.99. The SMILES string of the molecule is C/C(C#CCN1CCN(Cc2ccccc2)CC1)=C\COc1ccc2ccc(=O)oc2c1. The van der Waals surface area contributed by atoms with Gasteiger partial charge < -0.3 is 9.15 Å². The highest BCUT2D eigenvalue weighted by molar-refractivity contribution is 5.77. The lowest BCUT2D eigenvalue weighted by molar-refractivity contribution is 0.138. The molecule has 0 bridgehead atoms. The summed E-state index contributed by atoms with van der Waals surface area (Å²) in [5.74, 6) is 7.17. The van der Waals surface area contributed by atoms with Crippen LogP contribution in [0.25, 0.3) is 11.0 Å². The predicted octanol–water partition coefficient (Wildman–Crippen LogP) is 3.94. The Morgan fingerprint density at radius 1 is 1.03 bits per heavy atom. The second kappa shape index (κ2) is 10.8. The molecular formula is C27H28N2O3. The van der Waals surface area contributed by atoms with Crippen LogP contribution in [0.1, 0.15) is 12.5 Å². The average Bonchev–Trinajstić information content (AvgIpc) is 2.81. The lowest BCUT2D eigenvalue weighted by Gasteiger charge is -2.33. The van der Waals surface area contributed by atoms with Crippen molar-refractivity contribution in [3.05, 3.63) is 88.3 Å². The van der Waals surface area contributed by atoms with Gasteiger partial charge in [-0.3, -0.25) is 9.80 Å². The third-order valence-electron chi connectivity index (χ3n) is 5.54. The first-order valence-corrected chi connectivity index (χ1v) is 11.0. The summed E-state index contributed by atoms with van der Waals surface area (Å²) in [4.78, 5) is 16.3. The molecule has 5 heteroatoms. The Morgan fingerprint density at radius 3 is 2.59 bits per heavy atom. The lowest BCUT2D eigenvalue weighted by Crippen LogP contribution is -2.45. The van der Waals surface area contributed by atoms with E-state index in [4.69, 9.17) is 9.15 Å². The molecule has 0 N–H and O–H groups in total. The van der Waals surface area contributed by atoms with Crippen LogP contribution in [0.4, 0.5) is 0 Å². The van der Waals surface area contributed by atoms with Crippen LogP contribution >= 0.6 is 0 Å². The van der Waals surface area contributed by atoms with E-state index in [9.17, 15) is 4.79 Å². The molecular weight excluding hydrogens is 400 g/mol. The maximum atomic E-state index is 11.4. The zero-order chi connectivity index (χ0) is 22.2. The molecule has 32 heavy (non-hydrogen) atoms. The minimum absolute atomic E-state index is 0.363.